The molecule has 10 nitrogen and oxygen atoms in total. The zero-order valence-electron chi connectivity index (χ0n) is 28.5. The minimum Gasteiger partial charge on any atom is -0.493 e. The van der Waals surface area contributed by atoms with Crippen LogP contribution in [0.5, 0.6) is 5.75 Å². The number of carbonyl (C=O) groups is 3. The van der Waals surface area contributed by atoms with Crippen molar-refractivity contribution in [3.05, 3.63) is 70.4 Å². The molecule has 2 aliphatic heterocycles. The van der Waals surface area contributed by atoms with E-state index in [1.54, 1.807) is 22.3 Å². The van der Waals surface area contributed by atoms with E-state index in [9.17, 15) is 19.5 Å². The lowest BCUT2D eigenvalue weighted by Crippen LogP contribution is -2.55. The molecule has 3 heterocycles. The third kappa shape index (κ3) is 9.00. The summed E-state index contributed by atoms with van der Waals surface area (Å²) in [5, 5.41) is 13.6. The van der Waals surface area contributed by atoms with Gasteiger partial charge in [-0.1, -0.05) is 44.2 Å². The van der Waals surface area contributed by atoms with Crippen LogP contribution in [-0.2, 0) is 27.4 Å². The van der Waals surface area contributed by atoms with Crippen molar-refractivity contribution >= 4 is 40.7 Å². The van der Waals surface area contributed by atoms with Crippen molar-refractivity contribution in [2.24, 2.45) is 5.92 Å². The van der Waals surface area contributed by atoms with Gasteiger partial charge in [0.2, 0.25) is 11.8 Å². The zero-order chi connectivity index (χ0) is 34.9. The molecule has 1 aromatic heterocycles. The highest BCUT2D eigenvalue weighted by atomic mass is 35.5. The van der Waals surface area contributed by atoms with E-state index in [2.05, 4.69) is 10.3 Å². The zero-order valence-corrected chi connectivity index (χ0v) is 30.1. The van der Waals surface area contributed by atoms with Gasteiger partial charge in [0.25, 0.3) is 5.91 Å². The number of likely N-dealkylation sites (tertiary alicyclic amines) is 1. The number of β-amino-alcohol motifs (C(OH)–C–C–N with tert-alkyl or cyclic N) is 1. The third-order valence-corrected chi connectivity index (χ3v) is 10.3. The van der Waals surface area contributed by atoms with Gasteiger partial charge in [0.1, 0.15) is 17.8 Å². The number of aromatic nitrogens is 1. The van der Waals surface area contributed by atoms with Crippen LogP contribution in [0.25, 0.3) is 10.4 Å². The number of rotatable bonds is 17. The number of nitrogens with one attached hydrogen (secondary N) is 1. The fourth-order valence-electron chi connectivity index (χ4n) is 6.50. The van der Waals surface area contributed by atoms with Crippen LogP contribution in [-0.4, -0.2) is 88.0 Å². The second-order valence-electron chi connectivity index (χ2n) is 13.0. The molecular formula is C37H47ClN4O6S. The maximum Gasteiger partial charge on any atom is 0.255 e. The van der Waals surface area contributed by atoms with Crippen LogP contribution in [0.15, 0.2) is 48.0 Å². The van der Waals surface area contributed by atoms with E-state index >= 15 is 0 Å². The highest BCUT2D eigenvalue weighted by molar-refractivity contribution is 7.13. The van der Waals surface area contributed by atoms with Crippen molar-refractivity contribution in [2.45, 2.75) is 84.2 Å². The highest BCUT2D eigenvalue weighted by Crippen LogP contribution is 2.33. The molecule has 2 aromatic carbocycles. The molecule has 3 amide bonds. The number of thiazole rings is 1. The Morgan fingerprint density at radius 1 is 1.10 bits per heavy atom. The van der Waals surface area contributed by atoms with Gasteiger partial charge in [0.05, 0.1) is 28.8 Å². The van der Waals surface area contributed by atoms with E-state index in [1.165, 1.54) is 4.90 Å². The molecule has 0 aliphatic carbocycles. The van der Waals surface area contributed by atoms with Crippen molar-refractivity contribution in [1.29, 1.82) is 0 Å². The van der Waals surface area contributed by atoms with Crippen LogP contribution in [0.2, 0.25) is 0 Å². The number of hydrogen-bond acceptors (Lipinski definition) is 8. The van der Waals surface area contributed by atoms with Gasteiger partial charge < -0.3 is 29.7 Å². The van der Waals surface area contributed by atoms with E-state index in [-0.39, 0.29) is 43.1 Å². The normalized spacial score (nSPS) is 17.9. The van der Waals surface area contributed by atoms with Crippen molar-refractivity contribution in [2.75, 3.05) is 32.2 Å². The number of alkyl halides is 1. The fraction of sp³-hybridized carbons (Fsp3) is 0.514. The highest BCUT2D eigenvalue weighted by Gasteiger charge is 2.45. The summed E-state index contributed by atoms with van der Waals surface area (Å²) in [5.74, 6) is 0.235. The molecule has 1 fully saturated rings. The summed E-state index contributed by atoms with van der Waals surface area (Å²) in [6.45, 7) is 8.17. The lowest BCUT2D eigenvalue weighted by atomic mass is 10.0. The van der Waals surface area contributed by atoms with E-state index < -0.39 is 18.2 Å². The molecule has 2 aliphatic rings. The van der Waals surface area contributed by atoms with Crippen LogP contribution >= 0.6 is 22.9 Å². The van der Waals surface area contributed by atoms with Gasteiger partial charge in [-0.15, -0.1) is 22.9 Å². The van der Waals surface area contributed by atoms with Gasteiger partial charge >= 0.3 is 0 Å². The van der Waals surface area contributed by atoms with Gasteiger partial charge in [-0.3, -0.25) is 14.4 Å². The number of benzene rings is 2. The average Bonchev–Trinajstić information content (AvgIpc) is 3.79. The molecule has 1 saturated heterocycles. The summed E-state index contributed by atoms with van der Waals surface area (Å²) >= 11 is 7.29. The number of ether oxygens (including phenoxy) is 2. The number of hydrogen-bond donors (Lipinski definition) is 2. The molecule has 0 radical (unpaired) electrons. The summed E-state index contributed by atoms with van der Waals surface area (Å²) in [5.41, 5.74) is 6.01. The number of halogens is 1. The molecule has 12 heteroatoms. The Morgan fingerprint density at radius 2 is 1.86 bits per heavy atom. The smallest absolute Gasteiger partial charge is 0.255 e. The number of fused-ring (bicyclic) bond motifs is 1. The topological polar surface area (TPSA) is 121 Å². The largest absolute Gasteiger partial charge is 0.493 e. The summed E-state index contributed by atoms with van der Waals surface area (Å²) in [6.07, 6.45) is 2.85. The van der Waals surface area contributed by atoms with Crippen LogP contribution in [0.4, 0.5) is 0 Å². The van der Waals surface area contributed by atoms with Crippen LogP contribution < -0.4 is 10.1 Å². The maximum atomic E-state index is 14.1. The summed E-state index contributed by atoms with van der Waals surface area (Å²) in [4.78, 5) is 49.6. The Kier molecular flexibility index (Phi) is 13.1. The molecule has 5 rings (SSSR count). The van der Waals surface area contributed by atoms with Crippen molar-refractivity contribution in [1.82, 2.24) is 20.1 Å². The molecule has 0 bridgehead atoms. The standard InChI is InChI=1S/C37H47ClN4O6S/c1-24(2)33(42-21-28-10-4-5-11-30(28)36(42)45)37(46)41-22-29(43)19-31(41)35(44)39-20-27-13-12-26(34-25(3)40-23-49-34)18-32(27)48-17-9-8-16-47-15-7-6-14-38/h4-5,10-13,18,23-24,29,31,33,43H,6-9,14-17,19-22H2,1-3H3,(H,39,44)/t29?,31?,33-/m0/s1. The lowest BCUT2D eigenvalue weighted by molar-refractivity contribution is -0.143. The summed E-state index contributed by atoms with van der Waals surface area (Å²) < 4.78 is 11.9. The summed E-state index contributed by atoms with van der Waals surface area (Å²) in [7, 11) is 0. The molecule has 0 saturated carbocycles. The number of amides is 3. The van der Waals surface area contributed by atoms with Crippen molar-refractivity contribution < 1.29 is 29.0 Å². The minimum atomic E-state index is -0.864. The number of aryl methyl sites for hydroxylation is 1. The Hall–Kier alpha value is -3.51. The third-order valence-electron chi connectivity index (χ3n) is 9.08. The Balaban J connectivity index is 1.24. The number of carbonyl (C=O) groups excluding carboxylic acids is 3. The average molecular weight is 711 g/mol. The molecule has 49 heavy (non-hydrogen) atoms. The predicted molar refractivity (Wildman–Crippen MR) is 191 cm³/mol. The molecule has 2 N–H and O–H groups in total. The first-order chi connectivity index (χ1) is 23.7. The minimum absolute atomic E-state index is 0.0306. The van der Waals surface area contributed by atoms with Crippen LogP contribution in [0, 0.1) is 12.8 Å². The van der Waals surface area contributed by atoms with Gasteiger partial charge in [0, 0.05) is 56.3 Å². The Labute approximate surface area is 297 Å². The predicted octanol–water partition coefficient (Wildman–Crippen LogP) is 5.57. The quantitative estimate of drug-likeness (QED) is 0.139. The van der Waals surface area contributed by atoms with Gasteiger partial charge in [-0.2, -0.15) is 0 Å². The number of unbranched alkanes of at least 4 members (excludes halogenated alkanes) is 2. The molecule has 0 spiro atoms. The lowest BCUT2D eigenvalue weighted by Gasteiger charge is -2.35. The summed E-state index contributed by atoms with van der Waals surface area (Å²) in [6, 6.07) is 11.7. The van der Waals surface area contributed by atoms with Crippen LogP contribution in [0.3, 0.4) is 0 Å². The van der Waals surface area contributed by atoms with Gasteiger partial charge in [-0.25, -0.2) is 4.98 Å². The fourth-order valence-corrected chi connectivity index (χ4v) is 7.49. The maximum absolute atomic E-state index is 14.1. The molecule has 3 aromatic rings. The van der Waals surface area contributed by atoms with E-state index in [4.69, 9.17) is 21.1 Å². The van der Waals surface area contributed by atoms with Gasteiger partial charge in [-0.05, 0) is 61.8 Å². The Morgan fingerprint density at radius 3 is 2.57 bits per heavy atom. The first kappa shape index (κ1) is 36.8. The number of aliphatic hydroxyl groups excluding tert-OH is 1. The van der Waals surface area contributed by atoms with Crippen LogP contribution in [0.1, 0.15) is 73.1 Å². The first-order valence-corrected chi connectivity index (χ1v) is 18.6. The second kappa shape index (κ2) is 17.4. The first-order valence-electron chi connectivity index (χ1n) is 17.1. The van der Waals surface area contributed by atoms with Crippen molar-refractivity contribution in [3.63, 3.8) is 0 Å². The monoisotopic (exact) mass is 710 g/mol. The molecule has 3 atom stereocenters. The molecular weight excluding hydrogens is 664 g/mol. The van der Waals surface area contributed by atoms with E-state index in [0.717, 1.165) is 52.9 Å². The number of nitrogens with zero attached hydrogens (tertiary/aromatic N) is 3. The molecule has 2 unspecified atom stereocenters. The second-order valence-corrected chi connectivity index (χ2v) is 14.3. The molecule has 264 valence electrons. The van der Waals surface area contributed by atoms with Gasteiger partial charge in [0.15, 0.2) is 0 Å². The van der Waals surface area contributed by atoms with E-state index in [0.29, 0.717) is 43.6 Å². The van der Waals surface area contributed by atoms with Crippen molar-refractivity contribution in [3.8, 4) is 16.2 Å². The number of aliphatic hydroxyl groups is 1. The Bertz CT molecular complexity index is 1600. The SMILES string of the molecule is Cc1ncsc1-c1ccc(CNC(=O)C2CC(O)CN2C(=O)[C@H](C(C)C)N2Cc3ccccc3C2=O)c(OCCCCOCCCCCl)c1. The van der Waals surface area contributed by atoms with E-state index in [1.807, 2.05) is 62.7 Å².